The van der Waals surface area contributed by atoms with Crippen LogP contribution >= 0.6 is 11.6 Å². The van der Waals surface area contributed by atoms with Crippen LogP contribution in [-0.4, -0.2) is 50.3 Å². The predicted molar refractivity (Wildman–Crippen MR) is 111 cm³/mol. The van der Waals surface area contributed by atoms with E-state index in [4.69, 9.17) is 21.3 Å². The number of pyridine rings is 1. The summed E-state index contributed by atoms with van der Waals surface area (Å²) in [7, 11) is 0. The van der Waals surface area contributed by atoms with Crippen molar-refractivity contribution in [2.45, 2.75) is 0 Å². The number of morpholine rings is 1. The summed E-state index contributed by atoms with van der Waals surface area (Å²) in [5, 5.41) is 4.53. The van der Waals surface area contributed by atoms with Crippen LogP contribution in [0.4, 0.5) is 0 Å². The number of benzene rings is 2. The number of nitrogens with zero attached hydrogens (tertiary/aromatic N) is 1. The van der Waals surface area contributed by atoms with Gasteiger partial charge in [-0.15, -0.1) is 0 Å². The fourth-order valence-electron chi connectivity index (χ4n) is 3.53. The van der Waals surface area contributed by atoms with Crippen LogP contribution in [-0.2, 0) is 4.74 Å². The Bertz CT molecular complexity index is 986. The first-order valence-corrected chi connectivity index (χ1v) is 9.94. The summed E-state index contributed by atoms with van der Waals surface area (Å²) in [6, 6.07) is 17.1. The van der Waals surface area contributed by atoms with Crippen molar-refractivity contribution in [2.75, 3.05) is 39.4 Å². The molecule has 1 amide bonds. The Balaban J connectivity index is 1.59. The molecule has 4 rings (SSSR count). The second-order valence-electron chi connectivity index (χ2n) is 6.92. The van der Waals surface area contributed by atoms with Gasteiger partial charge in [0.1, 0.15) is 13.1 Å². The molecule has 0 radical (unpaired) electrons. The van der Waals surface area contributed by atoms with E-state index in [1.54, 1.807) is 0 Å². The minimum absolute atomic E-state index is 0.0837. The zero-order valence-corrected chi connectivity index (χ0v) is 16.3. The molecule has 2 aromatic carbocycles. The SMILES string of the molecule is O=C(NCC[NH+]1CCOCC1)c1cc(-c2ccccc2Cl)nc2ccccc12. The maximum Gasteiger partial charge on any atom is 0.252 e. The largest absolute Gasteiger partial charge is 0.370 e. The molecule has 1 saturated heterocycles. The number of aromatic nitrogens is 1. The van der Waals surface area contributed by atoms with E-state index in [0.29, 0.717) is 22.8 Å². The van der Waals surface area contributed by atoms with Crippen molar-refractivity contribution in [3.63, 3.8) is 0 Å². The molecule has 0 aliphatic carbocycles. The zero-order chi connectivity index (χ0) is 19.3. The van der Waals surface area contributed by atoms with Gasteiger partial charge in [0.25, 0.3) is 5.91 Å². The summed E-state index contributed by atoms with van der Waals surface area (Å²) in [6.07, 6.45) is 0. The zero-order valence-electron chi connectivity index (χ0n) is 15.6. The van der Waals surface area contributed by atoms with Crippen LogP contribution in [0.2, 0.25) is 5.02 Å². The summed E-state index contributed by atoms with van der Waals surface area (Å²) in [5.41, 5.74) is 2.93. The van der Waals surface area contributed by atoms with E-state index in [-0.39, 0.29) is 5.91 Å². The minimum atomic E-state index is -0.0837. The molecule has 144 valence electrons. The van der Waals surface area contributed by atoms with Crippen LogP contribution in [0, 0.1) is 0 Å². The minimum Gasteiger partial charge on any atom is -0.370 e. The van der Waals surface area contributed by atoms with Crippen molar-refractivity contribution in [2.24, 2.45) is 0 Å². The fourth-order valence-corrected chi connectivity index (χ4v) is 3.76. The molecule has 6 heteroatoms. The molecule has 0 bridgehead atoms. The number of amides is 1. The van der Waals surface area contributed by atoms with Crippen LogP contribution < -0.4 is 10.2 Å². The Morgan fingerprint density at radius 2 is 1.86 bits per heavy atom. The lowest BCUT2D eigenvalue weighted by atomic mass is 10.0. The summed E-state index contributed by atoms with van der Waals surface area (Å²) in [4.78, 5) is 19.1. The topological polar surface area (TPSA) is 55.7 Å². The van der Waals surface area contributed by atoms with Gasteiger partial charge in [0.15, 0.2) is 0 Å². The van der Waals surface area contributed by atoms with Gasteiger partial charge in [-0.25, -0.2) is 4.98 Å². The molecule has 1 aliphatic heterocycles. The van der Waals surface area contributed by atoms with Crippen molar-refractivity contribution < 1.29 is 14.4 Å². The number of hydrogen-bond donors (Lipinski definition) is 2. The number of ether oxygens (including phenoxy) is 1. The Morgan fingerprint density at radius 3 is 2.68 bits per heavy atom. The number of halogens is 1. The van der Waals surface area contributed by atoms with Crippen molar-refractivity contribution in [3.05, 3.63) is 65.2 Å². The van der Waals surface area contributed by atoms with Crippen LogP contribution in [0.5, 0.6) is 0 Å². The Hall–Kier alpha value is -2.47. The van der Waals surface area contributed by atoms with Crippen LogP contribution in [0.15, 0.2) is 54.6 Å². The highest BCUT2D eigenvalue weighted by molar-refractivity contribution is 6.33. The maximum atomic E-state index is 13.0. The van der Waals surface area contributed by atoms with E-state index in [0.717, 1.165) is 49.3 Å². The van der Waals surface area contributed by atoms with Crippen molar-refractivity contribution in [1.82, 2.24) is 10.3 Å². The molecule has 2 heterocycles. The Morgan fingerprint density at radius 1 is 1.11 bits per heavy atom. The lowest BCUT2D eigenvalue weighted by Crippen LogP contribution is -3.14. The van der Waals surface area contributed by atoms with Gasteiger partial charge in [-0.3, -0.25) is 4.79 Å². The fraction of sp³-hybridized carbons (Fsp3) is 0.273. The molecule has 2 N–H and O–H groups in total. The number of hydrogen-bond acceptors (Lipinski definition) is 3. The predicted octanol–water partition coefficient (Wildman–Crippen LogP) is 2.20. The normalized spacial score (nSPS) is 14.9. The number of carbonyl (C=O) groups excluding carboxylic acids is 1. The quantitative estimate of drug-likeness (QED) is 0.695. The molecule has 0 saturated carbocycles. The van der Waals surface area contributed by atoms with Crippen molar-refractivity contribution in [3.8, 4) is 11.3 Å². The van der Waals surface area contributed by atoms with E-state index in [2.05, 4.69) is 5.32 Å². The van der Waals surface area contributed by atoms with E-state index in [9.17, 15) is 4.79 Å². The molecule has 1 fully saturated rings. The molecular weight excluding hydrogens is 374 g/mol. The van der Waals surface area contributed by atoms with Crippen LogP contribution in [0.25, 0.3) is 22.2 Å². The first kappa shape index (κ1) is 18.9. The van der Waals surface area contributed by atoms with E-state index >= 15 is 0 Å². The first-order chi connectivity index (χ1) is 13.7. The Labute approximate surface area is 169 Å². The Kier molecular flexibility index (Phi) is 5.86. The molecule has 1 aromatic heterocycles. The molecule has 0 unspecified atom stereocenters. The van der Waals surface area contributed by atoms with Gasteiger partial charge >= 0.3 is 0 Å². The average molecular weight is 397 g/mol. The summed E-state index contributed by atoms with van der Waals surface area (Å²) in [6.45, 7) is 5.09. The first-order valence-electron chi connectivity index (χ1n) is 9.56. The van der Waals surface area contributed by atoms with Gasteiger partial charge < -0.3 is 15.0 Å². The summed E-state index contributed by atoms with van der Waals surface area (Å²) >= 11 is 6.36. The van der Waals surface area contributed by atoms with Gasteiger partial charge in [0.2, 0.25) is 0 Å². The van der Waals surface area contributed by atoms with Crippen molar-refractivity contribution >= 4 is 28.4 Å². The molecular formula is C22H23ClN3O2+. The third-order valence-electron chi connectivity index (χ3n) is 5.07. The molecule has 0 atom stereocenters. The summed E-state index contributed by atoms with van der Waals surface area (Å²) < 4.78 is 5.38. The third-order valence-corrected chi connectivity index (χ3v) is 5.40. The van der Waals surface area contributed by atoms with E-state index in [1.807, 2.05) is 54.6 Å². The number of carbonyl (C=O) groups is 1. The number of nitrogens with one attached hydrogen (secondary N) is 2. The highest BCUT2D eigenvalue weighted by atomic mass is 35.5. The summed E-state index contributed by atoms with van der Waals surface area (Å²) in [5.74, 6) is -0.0837. The maximum absolute atomic E-state index is 13.0. The lowest BCUT2D eigenvalue weighted by Gasteiger charge is -2.23. The average Bonchev–Trinajstić information content (AvgIpc) is 2.74. The number of para-hydroxylation sites is 1. The monoisotopic (exact) mass is 396 g/mol. The number of quaternary nitrogens is 1. The molecule has 5 nitrogen and oxygen atoms in total. The van der Waals surface area contributed by atoms with Gasteiger partial charge in [-0.1, -0.05) is 48.0 Å². The van der Waals surface area contributed by atoms with Crippen LogP contribution in [0.3, 0.4) is 0 Å². The van der Waals surface area contributed by atoms with Crippen LogP contribution in [0.1, 0.15) is 10.4 Å². The highest BCUT2D eigenvalue weighted by Crippen LogP contribution is 2.29. The number of fused-ring (bicyclic) bond motifs is 1. The van der Waals surface area contributed by atoms with E-state index in [1.165, 1.54) is 4.90 Å². The lowest BCUT2D eigenvalue weighted by molar-refractivity contribution is -0.906. The van der Waals surface area contributed by atoms with E-state index < -0.39 is 0 Å². The molecule has 0 spiro atoms. The van der Waals surface area contributed by atoms with Gasteiger partial charge in [0, 0.05) is 16.0 Å². The van der Waals surface area contributed by atoms with Gasteiger partial charge in [-0.05, 0) is 18.2 Å². The van der Waals surface area contributed by atoms with Gasteiger partial charge in [0.05, 0.1) is 43.1 Å². The van der Waals surface area contributed by atoms with Crippen molar-refractivity contribution in [1.29, 1.82) is 0 Å². The second-order valence-corrected chi connectivity index (χ2v) is 7.33. The molecule has 3 aromatic rings. The third kappa shape index (κ3) is 4.17. The smallest absolute Gasteiger partial charge is 0.252 e. The van der Waals surface area contributed by atoms with Gasteiger partial charge in [-0.2, -0.15) is 0 Å². The second kappa shape index (κ2) is 8.69. The standard InChI is InChI=1S/C22H22ClN3O2/c23-19-7-3-1-6-17(19)21-15-18(16-5-2-4-8-20(16)25-21)22(27)24-9-10-26-11-13-28-14-12-26/h1-8,15H,9-14H2,(H,24,27)/p+1. The highest BCUT2D eigenvalue weighted by Gasteiger charge is 2.17. The molecule has 28 heavy (non-hydrogen) atoms. The number of rotatable bonds is 5. The molecule has 1 aliphatic rings.